The Bertz CT molecular complexity index is 1240. The van der Waals surface area contributed by atoms with Crippen LogP contribution in [-0.4, -0.2) is 40.7 Å². The topological polar surface area (TPSA) is 120 Å². The molecule has 0 bridgehead atoms. The molecular formula is C24H21F3N4O5. The Morgan fingerprint density at radius 3 is 2.25 bits per heavy atom. The monoisotopic (exact) mass is 502 g/mol. The number of hydrogen-bond donors (Lipinski definition) is 2. The molecule has 9 nitrogen and oxygen atoms in total. The van der Waals surface area contributed by atoms with E-state index in [0.717, 1.165) is 12.1 Å². The molecule has 1 heterocycles. The number of carbonyl (C=O) groups is 3. The number of hydrogen-bond acceptors (Lipinski definition) is 7. The highest BCUT2D eigenvalue weighted by Crippen LogP contribution is 2.40. The number of alkyl halides is 3. The minimum atomic E-state index is -4.65. The third-order valence-corrected chi connectivity index (χ3v) is 5.00. The van der Waals surface area contributed by atoms with Gasteiger partial charge in [0, 0.05) is 18.9 Å². The molecule has 3 rings (SSSR count). The van der Waals surface area contributed by atoms with E-state index in [2.05, 4.69) is 20.6 Å². The average Bonchev–Trinajstić information content (AvgIpc) is 2.88. The molecule has 3 aromatic rings. The Balaban J connectivity index is 1.64. The van der Waals surface area contributed by atoms with Gasteiger partial charge in [0.05, 0.1) is 12.7 Å². The van der Waals surface area contributed by atoms with Gasteiger partial charge in [-0.05, 0) is 42.8 Å². The second-order valence-electron chi connectivity index (χ2n) is 7.69. The molecule has 1 aromatic heterocycles. The van der Waals surface area contributed by atoms with E-state index in [1.54, 1.807) is 0 Å². The van der Waals surface area contributed by atoms with Crippen LogP contribution in [0.25, 0.3) is 0 Å². The van der Waals surface area contributed by atoms with Crippen LogP contribution in [0.15, 0.2) is 61.2 Å². The standard InChI is InChI=1S/C24H21F3N4O5/c1-23(13-32,31-21(33)16-11-28-14-29-12-16)22(34)30-10-15-3-5-17(6-4-15)36-20-8-7-18(35-2)9-19(20)24(25,26)27/h3-9,11-14H,10H2,1-2H3,(H,30,34)(H,31,33)/t23-/m0/s1. The van der Waals surface area contributed by atoms with Gasteiger partial charge in [-0.25, -0.2) is 9.97 Å². The highest BCUT2D eigenvalue weighted by Gasteiger charge is 2.36. The van der Waals surface area contributed by atoms with Gasteiger partial charge in [-0.2, -0.15) is 13.2 Å². The minimum Gasteiger partial charge on any atom is -0.497 e. The number of ether oxygens (including phenoxy) is 2. The van der Waals surface area contributed by atoms with Gasteiger partial charge in [-0.1, -0.05) is 12.1 Å². The predicted molar refractivity (Wildman–Crippen MR) is 120 cm³/mol. The van der Waals surface area contributed by atoms with Gasteiger partial charge in [0.15, 0.2) is 11.8 Å². The highest BCUT2D eigenvalue weighted by atomic mass is 19.4. The number of rotatable bonds is 9. The van der Waals surface area contributed by atoms with Crippen molar-refractivity contribution in [2.24, 2.45) is 0 Å². The maximum atomic E-state index is 13.4. The van der Waals surface area contributed by atoms with Gasteiger partial charge < -0.3 is 24.9 Å². The number of aromatic nitrogens is 2. The van der Waals surface area contributed by atoms with E-state index in [4.69, 9.17) is 9.47 Å². The van der Waals surface area contributed by atoms with Crippen molar-refractivity contribution in [3.8, 4) is 17.2 Å². The molecule has 0 aliphatic rings. The number of benzene rings is 2. The first-order valence-corrected chi connectivity index (χ1v) is 10.4. The molecule has 2 amide bonds. The van der Waals surface area contributed by atoms with Crippen molar-refractivity contribution in [3.05, 3.63) is 77.9 Å². The molecule has 36 heavy (non-hydrogen) atoms. The lowest BCUT2D eigenvalue weighted by molar-refractivity contribution is -0.138. The summed E-state index contributed by atoms with van der Waals surface area (Å²) in [5, 5.41) is 4.88. The number of amides is 2. The van der Waals surface area contributed by atoms with Gasteiger partial charge in [0.25, 0.3) is 11.8 Å². The number of methoxy groups -OCH3 is 1. The quantitative estimate of drug-likeness (QED) is 0.340. The Hall–Kier alpha value is -4.48. The molecule has 12 heteroatoms. The fraction of sp³-hybridized carbons (Fsp3) is 0.208. The van der Waals surface area contributed by atoms with E-state index >= 15 is 0 Å². The van der Waals surface area contributed by atoms with E-state index in [1.165, 1.54) is 63.1 Å². The maximum absolute atomic E-state index is 13.4. The van der Waals surface area contributed by atoms with Crippen LogP contribution >= 0.6 is 0 Å². The molecule has 0 aliphatic heterocycles. The van der Waals surface area contributed by atoms with E-state index in [0.29, 0.717) is 11.8 Å². The van der Waals surface area contributed by atoms with Crippen LogP contribution in [0.3, 0.4) is 0 Å². The van der Waals surface area contributed by atoms with Gasteiger partial charge in [-0.3, -0.25) is 9.59 Å². The first-order chi connectivity index (χ1) is 17.1. The molecule has 0 fully saturated rings. The largest absolute Gasteiger partial charge is 0.497 e. The molecule has 1 atom stereocenters. The summed E-state index contributed by atoms with van der Waals surface area (Å²) in [6.45, 7) is 1.21. The third kappa shape index (κ3) is 6.34. The van der Waals surface area contributed by atoms with E-state index in [-0.39, 0.29) is 23.6 Å². The first kappa shape index (κ1) is 26.1. The first-order valence-electron chi connectivity index (χ1n) is 10.4. The number of halogens is 3. The Morgan fingerprint density at radius 2 is 1.67 bits per heavy atom. The van der Waals surface area contributed by atoms with Crippen LogP contribution in [0.5, 0.6) is 17.2 Å². The summed E-state index contributed by atoms with van der Waals surface area (Å²) in [6.07, 6.45) is -0.654. The Kier molecular flexibility index (Phi) is 7.87. The molecule has 2 aromatic carbocycles. The number of nitrogens with one attached hydrogen (secondary N) is 2. The van der Waals surface area contributed by atoms with Crippen LogP contribution in [-0.2, 0) is 22.3 Å². The van der Waals surface area contributed by atoms with Gasteiger partial charge >= 0.3 is 6.18 Å². The molecule has 0 saturated carbocycles. The molecule has 0 spiro atoms. The predicted octanol–water partition coefficient (Wildman–Crippen LogP) is 3.30. The van der Waals surface area contributed by atoms with E-state index in [1.807, 2.05) is 0 Å². The SMILES string of the molecule is COc1ccc(Oc2ccc(CNC(=O)[C@](C)(C=O)NC(=O)c3cncnc3)cc2)c(C(F)(F)F)c1. The fourth-order valence-corrected chi connectivity index (χ4v) is 2.98. The van der Waals surface area contributed by atoms with Crippen molar-refractivity contribution in [1.82, 2.24) is 20.6 Å². The molecule has 0 unspecified atom stereocenters. The maximum Gasteiger partial charge on any atom is 0.420 e. The molecule has 2 N–H and O–H groups in total. The summed E-state index contributed by atoms with van der Waals surface area (Å²) in [4.78, 5) is 43.9. The van der Waals surface area contributed by atoms with Crippen molar-refractivity contribution in [2.45, 2.75) is 25.2 Å². The van der Waals surface area contributed by atoms with Gasteiger partial charge in [0.1, 0.15) is 29.1 Å². The van der Waals surface area contributed by atoms with Crippen LogP contribution in [0.2, 0.25) is 0 Å². The lowest BCUT2D eigenvalue weighted by Gasteiger charge is -2.23. The summed E-state index contributed by atoms with van der Waals surface area (Å²) in [6, 6.07) is 9.28. The number of aldehydes is 1. The summed E-state index contributed by atoms with van der Waals surface area (Å²) in [7, 11) is 1.26. The van der Waals surface area contributed by atoms with Crippen molar-refractivity contribution in [2.75, 3.05) is 7.11 Å². The summed E-state index contributed by atoms with van der Waals surface area (Å²) in [5.74, 6) is -1.70. The lowest BCUT2D eigenvalue weighted by atomic mass is 10.0. The minimum absolute atomic E-state index is 0.0246. The van der Waals surface area contributed by atoms with Gasteiger partial charge in [-0.15, -0.1) is 0 Å². The number of nitrogens with zero attached hydrogens (tertiary/aromatic N) is 2. The Morgan fingerprint density at radius 1 is 1.03 bits per heavy atom. The number of carbonyl (C=O) groups excluding carboxylic acids is 3. The van der Waals surface area contributed by atoms with Crippen LogP contribution in [0, 0.1) is 0 Å². The summed E-state index contributed by atoms with van der Waals surface area (Å²) >= 11 is 0. The van der Waals surface area contributed by atoms with Crippen LogP contribution in [0.4, 0.5) is 13.2 Å². The van der Waals surface area contributed by atoms with Crippen LogP contribution < -0.4 is 20.1 Å². The zero-order valence-corrected chi connectivity index (χ0v) is 19.1. The second kappa shape index (κ2) is 10.8. The molecule has 0 aliphatic carbocycles. The van der Waals surface area contributed by atoms with Gasteiger partial charge in [0.2, 0.25) is 0 Å². The van der Waals surface area contributed by atoms with E-state index < -0.39 is 34.8 Å². The zero-order chi connectivity index (χ0) is 26.3. The summed E-state index contributed by atoms with van der Waals surface area (Å²) in [5.41, 5.74) is -2.22. The third-order valence-electron chi connectivity index (χ3n) is 5.00. The Labute approximate surface area is 203 Å². The average molecular weight is 502 g/mol. The smallest absolute Gasteiger partial charge is 0.420 e. The fourth-order valence-electron chi connectivity index (χ4n) is 2.98. The van der Waals surface area contributed by atoms with Crippen molar-refractivity contribution < 1.29 is 37.0 Å². The highest BCUT2D eigenvalue weighted by molar-refractivity contribution is 6.07. The second-order valence-corrected chi connectivity index (χ2v) is 7.69. The summed E-state index contributed by atoms with van der Waals surface area (Å²) < 4.78 is 50.4. The lowest BCUT2D eigenvalue weighted by Crippen LogP contribution is -2.57. The van der Waals surface area contributed by atoms with Crippen molar-refractivity contribution in [1.29, 1.82) is 0 Å². The molecule has 0 saturated heterocycles. The molecular weight excluding hydrogens is 481 g/mol. The molecule has 0 radical (unpaired) electrons. The zero-order valence-electron chi connectivity index (χ0n) is 19.1. The van der Waals surface area contributed by atoms with Crippen LogP contribution in [0.1, 0.15) is 28.4 Å². The van der Waals surface area contributed by atoms with Crippen molar-refractivity contribution in [3.63, 3.8) is 0 Å². The molecule has 188 valence electrons. The van der Waals surface area contributed by atoms with E-state index in [9.17, 15) is 27.6 Å². The normalized spacial score (nSPS) is 12.7. The van der Waals surface area contributed by atoms with Crippen molar-refractivity contribution >= 4 is 18.1 Å².